The lowest BCUT2D eigenvalue weighted by molar-refractivity contribution is -0.384. The monoisotopic (exact) mass is 479 g/mol. The van der Waals surface area contributed by atoms with Crippen LogP contribution in [0.2, 0.25) is 5.02 Å². The number of benzene rings is 3. The van der Waals surface area contributed by atoms with Crippen molar-refractivity contribution in [3.05, 3.63) is 104 Å². The molecule has 0 aliphatic heterocycles. The Hall–Kier alpha value is -4.17. The lowest BCUT2D eigenvalue weighted by Crippen LogP contribution is -2.31. The number of methoxy groups -OCH3 is 1. The summed E-state index contributed by atoms with van der Waals surface area (Å²) in [5.41, 5.74) is 2.97. The smallest absolute Gasteiger partial charge is 0.272 e. The molecule has 0 unspecified atom stereocenters. The summed E-state index contributed by atoms with van der Waals surface area (Å²) in [4.78, 5) is 36.4. The van der Waals surface area contributed by atoms with E-state index in [1.54, 1.807) is 18.2 Å². The van der Waals surface area contributed by atoms with Crippen LogP contribution < -0.4 is 15.4 Å². The van der Waals surface area contributed by atoms with Crippen molar-refractivity contribution in [1.29, 1.82) is 0 Å². The van der Waals surface area contributed by atoms with Crippen molar-refractivity contribution in [3.8, 4) is 5.75 Å². The van der Waals surface area contributed by atoms with Crippen LogP contribution in [-0.4, -0.2) is 23.8 Å². The maximum Gasteiger partial charge on any atom is 0.272 e. The fraction of sp³-hybridized carbons (Fsp3) is 0.120. The van der Waals surface area contributed by atoms with Crippen LogP contribution in [0.4, 0.5) is 11.4 Å². The van der Waals surface area contributed by atoms with Crippen molar-refractivity contribution < 1.29 is 19.2 Å². The molecule has 0 aliphatic rings. The van der Waals surface area contributed by atoms with Crippen molar-refractivity contribution in [2.75, 3.05) is 12.4 Å². The number of aryl methyl sites for hydroxylation is 2. The molecular weight excluding hydrogens is 458 g/mol. The van der Waals surface area contributed by atoms with Gasteiger partial charge in [0.25, 0.3) is 17.5 Å². The summed E-state index contributed by atoms with van der Waals surface area (Å²) in [6.45, 7) is 3.81. The van der Waals surface area contributed by atoms with Gasteiger partial charge in [-0.1, -0.05) is 17.7 Å². The second-order valence-electron chi connectivity index (χ2n) is 7.54. The highest BCUT2D eigenvalue weighted by Gasteiger charge is 2.18. The largest absolute Gasteiger partial charge is 0.497 e. The molecule has 0 heterocycles. The molecule has 8 nitrogen and oxygen atoms in total. The molecule has 0 aliphatic carbocycles. The van der Waals surface area contributed by atoms with Crippen LogP contribution in [0, 0.1) is 24.0 Å². The van der Waals surface area contributed by atoms with E-state index in [1.807, 2.05) is 19.9 Å². The van der Waals surface area contributed by atoms with Gasteiger partial charge in [0, 0.05) is 17.8 Å². The van der Waals surface area contributed by atoms with Crippen molar-refractivity contribution in [3.63, 3.8) is 0 Å². The zero-order chi connectivity index (χ0) is 24.8. The molecule has 0 atom stereocenters. The van der Waals surface area contributed by atoms with Crippen molar-refractivity contribution >= 4 is 40.9 Å². The predicted octanol–water partition coefficient (Wildman–Crippen LogP) is 5.28. The molecule has 9 heteroatoms. The van der Waals surface area contributed by atoms with E-state index >= 15 is 0 Å². The summed E-state index contributed by atoms with van der Waals surface area (Å²) in [6.07, 6.45) is 1.43. The van der Waals surface area contributed by atoms with Gasteiger partial charge in [-0.2, -0.15) is 0 Å². The molecule has 0 bridgehead atoms. The van der Waals surface area contributed by atoms with Crippen LogP contribution in [0.1, 0.15) is 27.0 Å². The van der Waals surface area contributed by atoms with Gasteiger partial charge in [-0.3, -0.25) is 19.7 Å². The Morgan fingerprint density at radius 3 is 2.21 bits per heavy atom. The molecule has 3 rings (SSSR count). The van der Waals surface area contributed by atoms with Crippen LogP contribution in [0.25, 0.3) is 6.08 Å². The lowest BCUT2D eigenvalue weighted by Gasteiger charge is -2.13. The van der Waals surface area contributed by atoms with Crippen LogP contribution in [-0.2, 0) is 4.79 Å². The zero-order valence-electron chi connectivity index (χ0n) is 18.7. The normalized spacial score (nSPS) is 11.0. The van der Waals surface area contributed by atoms with Crippen molar-refractivity contribution in [1.82, 2.24) is 5.32 Å². The van der Waals surface area contributed by atoms with Gasteiger partial charge in [0.05, 0.1) is 22.6 Å². The molecule has 0 fully saturated rings. The number of anilines is 1. The van der Waals surface area contributed by atoms with Gasteiger partial charge >= 0.3 is 0 Å². The molecule has 0 radical (unpaired) electrons. The fourth-order valence-electron chi connectivity index (χ4n) is 3.26. The Bertz CT molecular complexity index is 1270. The molecular formula is C25H22ClN3O5. The van der Waals surface area contributed by atoms with Gasteiger partial charge in [0.2, 0.25) is 0 Å². The van der Waals surface area contributed by atoms with Gasteiger partial charge in [0.1, 0.15) is 11.4 Å². The first-order chi connectivity index (χ1) is 16.2. The van der Waals surface area contributed by atoms with Gasteiger partial charge < -0.3 is 15.4 Å². The molecule has 0 aromatic heterocycles. The minimum absolute atomic E-state index is 0.0649. The number of non-ortho nitro benzene ring substituents is 1. The first-order valence-electron chi connectivity index (χ1n) is 10.2. The highest BCUT2D eigenvalue weighted by Crippen LogP contribution is 2.23. The van der Waals surface area contributed by atoms with E-state index in [-0.39, 0.29) is 22.0 Å². The summed E-state index contributed by atoms with van der Waals surface area (Å²) >= 11 is 6.21. The van der Waals surface area contributed by atoms with Crippen molar-refractivity contribution in [2.45, 2.75) is 13.8 Å². The third-order valence-electron chi connectivity index (χ3n) is 4.81. The summed E-state index contributed by atoms with van der Waals surface area (Å²) < 4.78 is 5.10. The molecule has 2 N–H and O–H groups in total. The number of carbonyl (C=O) groups is 2. The lowest BCUT2D eigenvalue weighted by atomic mass is 10.1. The third kappa shape index (κ3) is 6.20. The van der Waals surface area contributed by atoms with Crippen LogP contribution in [0.5, 0.6) is 5.75 Å². The average molecular weight is 480 g/mol. The number of rotatable bonds is 7. The Balaban J connectivity index is 1.94. The van der Waals surface area contributed by atoms with E-state index in [0.717, 1.165) is 11.1 Å². The van der Waals surface area contributed by atoms with E-state index in [1.165, 1.54) is 49.6 Å². The number of ether oxygens (including phenoxy) is 1. The molecule has 34 heavy (non-hydrogen) atoms. The topological polar surface area (TPSA) is 111 Å². The molecule has 2 amide bonds. The second-order valence-corrected chi connectivity index (χ2v) is 7.94. The summed E-state index contributed by atoms with van der Waals surface area (Å²) in [6, 6.07) is 15.7. The van der Waals surface area contributed by atoms with E-state index in [0.29, 0.717) is 17.0 Å². The zero-order valence-corrected chi connectivity index (χ0v) is 19.5. The standard InChI is InChI=1S/C25H22ClN3O5/c1-15-10-16(2)12-18(11-15)27-25(31)23(13-17-4-6-19(7-5-17)29(32)33)28-24(30)21-9-8-20(34-3)14-22(21)26/h4-14H,1-3H3,(H,27,31)(H,28,30)/b23-13+. The summed E-state index contributed by atoms with van der Waals surface area (Å²) in [5.74, 6) is -0.687. The van der Waals surface area contributed by atoms with E-state index < -0.39 is 16.7 Å². The highest BCUT2D eigenvalue weighted by molar-refractivity contribution is 6.34. The highest BCUT2D eigenvalue weighted by atomic mass is 35.5. The number of nitrogens with one attached hydrogen (secondary N) is 2. The van der Waals surface area contributed by atoms with E-state index in [4.69, 9.17) is 16.3 Å². The Morgan fingerprint density at radius 1 is 1.00 bits per heavy atom. The SMILES string of the molecule is COc1ccc(C(=O)N/C(=C/c2ccc([N+](=O)[O-])cc2)C(=O)Nc2cc(C)cc(C)c2)c(Cl)c1. The maximum absolute atomic E-state index is 13.1. The first kappa shape index (κ1) is 24.5. The van der Waals surface area contributed by atoms with Crippen LogP contribution in [0.15, 0.2) is 66.4 Å². The molecule has 3 aromatic carbocycles. The van der Waals surface area contributed by atoms with Crippen LogP contribution >= 0.6 is 11.6 Å². The summed E-state index contributed by atoms with van der Waals surface area (Å²) in [5, 5.41) is 16.5. The number of amides is 2. The third-order valence-corrected chi connectivity index (χ3v) is 5.12. The first-order valence-corrected chi connectivity index (χ1v) is 10.5. The fourth-order valence-corrected chi connectivity index (χ4v) is 3.52. The number of hydrogen-bond acceptors (Lipinski definition) is 5. The van der Waals surface area contributed by atoms with Crippen molar-refractivity contribution in [2.24, 2.45) is 0 Å². The van der Waals surface area contributed by atoms with E-state index in [9.17, 15) is 19.7 Å². The van der Waals surface area contributed by atoms with Gasteiger partial charge in [-0.05, 0) is 79.1 Å². The molecule has 0 saturated carbocycles. The molecule has 174 valence electrons. The molecule has 0 saturated heterocycles. The quantitative estimate of drug-likeness (QED) is 0.272. The van der Waals surface area contributed by atoms with Gasteiger partial charge in [-0.25, -0.2) is 0 Å². The minimum atomic E-state index is -0.601. The van der Waals surface area contributed by atoms with Crippen LogP contribution in [0.3, 0.4) is 0 Å². The maximum atomic E-state index is 13.1. The van der Waals surface area contributed by atoms with Gasteiger partial charge in [-0.15, -0.1) is 0 Å². The predicted molar refractivity (Wildman–Crippen MR) is 131 cm³/mol. The second kappa shape index (κ2) is 10.6. The number of hydrogen-bond donors (Lipinski definition) is 2. The number of halogens is 1. The van der Waals surface area contributed by atoms with E-state index in [2.05, 4.69) is 10.6 Å². The Morgan fingerprint density at radius 2 is 1.65 bits per heavy atom. The summed E-state index contributed by atoms with van der Waals surface area (Å²) in [7, 11) is 1.48. The molecule has 0 spiro atoms. The Kier molecular flexibility index (Phi) is 7.65. The number of nitrogens with zero attached hydrogens (tertiary/aromatic N) is 1. The average Bonchev–Trinajstić information content (AvgIpc) is 2.78. The van der Waals surface area contributed by atoms with Gasteiger partial charge in [0.15, 0.2) is 0 Å². The number of carbonyl (C=O) groups excluding carboxylic acids is 2. The minimum Gasteiger partial charge on any atom is -0.497 e. The Labute approximate surface area is 201 Å². The number of nitro groups is 1. The number of nitro benzene ring substituents is 1. The molecule has 3 aromatic rings.